The molecular formula is C12H17N3S. The molecule has 0 aliphatic rings. The molecule has 0 saturated heterocycles. The van der Waals surface area contributed by atoms with Crippen LogP contribution in [0.3, 0.4) is 0 Å². The van der Waals surface area contributed by atoms with Crippen LogP contribution in [0.15, 0.2) is 29.1 Å². The smallest absolute Gasteiger partial charge is 0.0753 e. The minimum Gasteiger partial charge on any atom is -0.308 e. The van der Waals surface area contributed by atoms with Crippen LogP contribution in [0.25, 0.3) is 0 Å². The Morgan fingerprint density at radius 3 is 3.00 bits per heavy atom. The molecule has 0 fully saturated rings. The summed E-state index contributed by atoms with van der Waals surface area (Å²) in [5.74, 6) is 0. The van der Waals surface area contributed by atoms with E-state index < -0.39 is 0 Å². The van der Waals surface area contributed by atoms with Crippen LogP contribution in [0.4, 0.5) is 0 Å². The Labute approximate surface area is 100 Å². The molecule has 0 bridgehead atoms. The standard InChI is InChI=1S/C12H17N3S/c1-3-7-15-11(4-6-14-15)12(13-2)10-5-8-16-9-10/h4-6,8-9,12-13H,3,7H2,1-2H3. The van der Waals surface area contributed by atoms with Crippen molar-refractivity contribution < 1.29 is 0 Å². The van der Waals surface area contributed by atoms with Crippen molar-refractivity contribution in [3.63, 3.8) is 0 Å². The van der Waals surface area contributed by atoms with Crippen LogP contribution >= 0.6 is 11.3 Å². The van der Waals surface area contributed by atoms with Gasteiger partial charge in [-0.05, 0) is 41.9 Å². The Balaban J connectivity index is 2.30. The number of aryl methyl sites for hydroxylation is 1. The fraction of sp³-hybridized carbons (Fsp3) is 0.417. The lowest BCUT2D eigenvalue weighted by molar-refractivity contribution is 0.535. The van der Waals surface area contributed by atoms with E-state index in [1.54, 1.807) is 11.3 Å². The summed E-state index contributed by atoms with van der Waals surface area (Å²) >= 11 is 1.73. The molecular weight excluding hydrogens is 218 g/mol. The van der Waals surface area contributed by atoms with Crippen LogP contribution in [0.5, 0.6) is 0 Å². The molecule has 0 aromatic carbocycles. The van der Waals surface area contributed by atoms with Crippen molar-refractivity contribution in [3.8, 4) is 0 Å². The van der Waals surface area contributed by atoms with E-state index in [0.29, 0.717) is 0 Å². The van der Waals surface area contributed by atoms with Crippen molar-refractivity contribution in [2.24, 2.45) is 0 Å². The minimum atomic E-state index is 0.250. The van der Waals surface area contributed by atoms with E-state index in [2.05, 4.69) is 44.9 Å². The van der Waals surface area contributed by atoms with Crippen molar-refractivity contribution in [2.75, 3.05) is 7.05 Å². The molecule has 3 nitrogen and oxygen atoms in total. The summed E-state index contributed by atoms with van der Waals surface area (Å²) in [6, 6.07) is 4.50. The van der Waals surface area contributed by atoms with Crippen molar-refractivity contribution in [2.45, 2.75) is 25.9 Å². The molecule has 2 heterocycles. The summed E-state index contributed by atoms with van der Waals surface area (Å²) in [6.45, 7) is 3.15. The maximum atomic E-state index is 4.36. The zero-order valence-electron chi connectivity index (χ0n) is 9.68. The number of nitrogens with one attached hydrogen (secondary N) is 1. The second kappa shape index (κ2) is 5.27. The fourth-order valence-electron chi connectivity index (χ4n) is 1.91. The molecule has 16 heavy (non-hydrogen) atoms. The summed E-state index contributed by atoms with van der Waals surface area (Å²) in [5.41, 5.74) is 2.55. The SMILES string of the molecule is CCCn1nccc1C(NC)c1ccsc1. The normalized spacial score (nSPS) is 12.9. The van der Waals surface area contributed by atoms with Gasteiger partial charge in [-0.1, -0.05) is 6.92 Å². The molecule has 0 aliphatic heterocycles. The van der Waals surface area contributed by atoms with E-state index in [1.165, 1.54) is 11.3 Å². The molecule has 2 aromatic heterocycles. The number of hydrogen-bond donors (Lipinski definition) is 1. The van der Waals surface area contributed by atoms with Crippen LogP contribution in [-0.2, 0) is 6.54 Å². The van der Waals surface area contributed by atoms with Gasteiger partial charge >= 0.3 is 0 Å². The van der Waals surface area contributed by atoms with Crippen LogP contribution < -0.4 is 5.32 Å². The highest BCUT2D eigenvalue weighted by molar-refractivity contribution is 7.08. The third-order valence-electron chi connectivity index (χ3n) is 2.65. The van der Waals surface area contributed by atoms with Gasteiger partial charge in [-0.25, -0.2) is 0 Å². The first-order chi connectivity index (χ1) is 7.86. The van der Waals surface area contributed by atoms with Crippen LogP contribution in [-0.4, -0.2) is 16.8 Å². The number of hydrogen-bond acceptors (Lipinski definition) is 3. The van der Waals surface area contributed by atoms with Gasteiger partial charge < -0.3 is 5.32 Å². The lowest BCUT2D eigenvalue weighted by Crippen LogP contribution is -2.21. The zero-order valence-corrected chi connectivity index (χ0v) is 10.5. The topological polar surface area (TPSA) is 29.9 Å². The predicted octanol–water partition coefficient (Wildman–Crippen LogP) is 2.66. The summed E-state index contributed by atoms with van der Waals surface area (Å²) < 4.78 is 2.08. The van der Waals surface area contributed by atoms with Crippen molar-refractivity contribution >= 4 is 11.3 Å². The highest BCUT2D eigenvalue weighted by Crippen LogP contribution is 2.23. The van der Waals surface area contributed by atoms with Crippen LogP contribution in [0, 0.1) is 0 Å². The van der Waals surface area contributed by atoms with Crippen molar-refractivity contribution in [1.82, 2.24) is 15.1 Å². The predicted molar refractivity (Wildman–Crippen MR) is 67.7 cm³/mol. The average Bonchev–Trinajstić information content (AvgIpc) is 2.92. The number of aromatic nitrogens is 2. The van der Waals surface area contributed by atoms with Crippen LogP contribution in [0.2, 0.25) is 0 Å². The Morgan fingerprint density at radius 2 is 2.38 bits per heavy atom. The third kappa shape index (κ3) is 2.18. The van der Waals surface area contributed by atoms with E-state index in [0.717, 1.165) is 13.0 Å². The number of rotatable bonds is 5. The van der Waals surface area contributed by atoms with Gasteiger partial charge in [0.25, 0.3) is 0 Å². The first-order valence-electron chi connectivity index (χ1n) is 5.58. The average molecular weight is 235 g/mol. The fourth-order valence-corrected chi connectivity index (χ4v) is 2.60. The van der Waals surface area contributed by atoms with Crippen molar-refractivity contribution in [1.29, 1.82) is 0 Å². The maximum Gasteiger partial charge on any atom is 0.0753 e. The maximum absolute atomic E-state index is 4.36. The van der Waals surface area contributed by atoms with Gasteiger partial charge in [-0.2, -0.15) is 16.4 Å². The highest BCUT2D eigenvalue weighted by Gasteiger charge is 2.16. The van der Waals surface area contributed by atoms with Gasteiger partial charge in [0.1, 0.15) is 0 Å². The van der Waals surface area contributed by atoms with E-state index in [4.69, 9.17) is 0 Å². The summed E-state index contributed by atoms with van der Waals surface area (Å²) in [4.78, 5) is 0. The Hall–Kier alpha value is -1.13. The summed E-state index contributed by atoms with van der Waals surface area (Å²) in [5, 5.41) is 12.0. The monoisotopic (exact) mass is 235 g/mol. The van der Waals surface area contributed by atoms with Crippen molar-refractivity contribution in [3.05, 3.63) is 40.3 Å². The van der Waals surface area contributed by atoms with Gasteiger partial charge in [0.15, 0.2) is 0 Å². The molecule has 4 heteroatoms. The lowest BCUT2D eigenvalue weighted by atomic mass is 10.1. The van der Waals surface area contributed by atoms with E-state index >= 15 is 0 Å². The molecule has 0 amide bonds. The zero-order chi connectivity index (χ0) is 11.4. The Kier molecular flexibility index (Phi) is 3.74. The number of nitrogens with zero attached hydrogens (tertiary/aromatic N) is 2. The van der Waals surface area contributed by atoms with E-state index in [9.17, 15) is 0 Å². The molecule has 2 rings (SSSR count). The van der Waals surface area contributed by atoms with Gasteiger partial charge in [0.2, 0.25) is 0 Å². The molecule has 1 N–H and O–H groups in total. The quantitative estimate of drug-likeness (QED) is 0.863. The molecule has 1 atom stereocenters. The third-order valence-corrected chi connectivity index (χ3v) is 3.35. The second-order valence-corrected chi connectivity index (χ2v) is 4.54. The summed E-state index contributed by atoms with van der Waals surface area (Å²) in [6.07, 6.45) is 2.98. The molecule has 0 spiro atoms. The first kappa shape index (κ1) is 11.4. The molecule has 2 aromatic rings. The number of thiophene rings is 1. The lowest BCUT2D eigenvalue weighted by Gasteiger charge is -2.16. The van der Waals surface area contributed by atoms with E-state index in [-0.39, 0.29) is 6.04 Å². The molecule has 0 aliphatic carbocycles. The van der Waals surface area contributed by atoms with E-state index in [1.807, 2.05) is 13.2 Å². The van der Waals surface area contributed by atoms with Gasteiger partial charge in [0.05, 0.1) is 11.7 Å². The highest BCUT2D eigenvalue weighted by atomic mass is 32.1. The van der Waals surface area contributed by atoms with Gasteiger partial charge in [0, 0.05) is 12.7 Å². The van der Waals surface area contributed by atoms with Crippen LogP contribution in [0.1, 0.15) is 30.6 Å². The second-order valence-electron chi connectivity index (χ2n) is 3.76. The Bertz CT molecular complexity index is 419. The molecule has 0 radical (unpaired) electrons. The summed E-state index contributed by atoms with van der Waals surface area (Å²) in [7, 11) is 1.99. The largest absolute Gasteiger partial charge is 0.308 e. The molecule has 86 valence electrons. The molecule has 1 unspecified atom stereocenters. The van der Waals surface area contributed by atoms with Gasteiger partial charge in [-0.3, -0.25) is 4.68 Å². The Morgan fingerprint density at radius 1 is 1.50 bits per heavy atom. The first-order valence-corrected chi connectivity index (χ1v) is 6.52. The van der Waals surface area contributed by atoms with Gasteiger partial charge in [-0.15, -0.1) is 0 Å². The molecule has 0 saturated carbocycles. The minimum absolute atomic E-state index is 0.250.